The van der Waals surface area contributed by atoms with Gasteiger partial charge in [0.1, 0.15) is 23.1 Å². The molecule has 0 saturated carbocycles. The fourth-order valence-corrected chi connectivity index (χ4v) is 4.14. The second-order valence-electron chi connectivity index (χ2n) is 7.66. The molecule has 0 atom stereocenters. The lowest BCUT2D eigenvalue weighted by Gasteiger charge is -2.30. The number of anilines is 1. The summed E-state index contributed by atoms with van der Waals surface area (Å²) in [6.45, 7) is 10.2. The lowest BCUT2D eigenvalue weighted by Crippen LogP contribution is -2.39. The molecular weight excluding hydrogens is 394 g/mol. The quantitative estimate of drug-likeness (QED) is 0.489. The first-order chi connectivity index (χ1) is 14.4. The summed E-state index contributed by atoms with van der Waals surface area (Å²) >= 11 is 1.46. The maximum absolute atomic E-state index is 12.6. The zero-order chi connectivity index (χ0) is 21.5. The highest BCUT2D eigenvalue weighted by molar-refractivity contribution is 7.13. The van der Waals surface area contributed by atoms with Crippen LogP contribution in [-0.4, -0.2) is 41.0 Å². The largest absolute Gasteiger partial charge is 0.492 e. The number of hydrogen-bond acceptors (Lipinski definition) is 5. The van der Waals surface area contributed by atoms with Crippen LogP contribution in [0, 0.1) is 0 Å². The van der Waals surface area contributed by atoms with Crippen molar-refractivity contribution < 1.29 is 9.53 Å². The Balaban J connectivity index is 1.58. The fraction of sp³-hybridized carbons (Fsp3) is 0.333. The molecule has 0 spiro atoms. The predicted molar refractivity (Wildman–Crippen MR) is 124 cm³/mol. The molecule has 0 aliphatic heterocycles. The van der Waals surface area contributed by atoms with Gasteiger partial charge in [-0.3, -0.25) is 9.69 Å². The van der Waals surface area contributed by atoms with Gasteiger partial charge >= 0.3 is 0 Å². The Kier molecular flexibility index (Phi) is 7.60. The van der Waals surface area contributed by atoms with E-state index in [1.54, 1.807) is 5.38 Å². The normalized spacial score (nSPS) is 11.3. The zero-order valence-corrected chi connectivity index (χ0v) is 18.8. The van der Waals surface area contributed by atoms with Crippen LogP contribution >= 0.6 is 11.3 Å². The van der Waals surface area contributed by atoms with Crippen molar-refractivity contribution in [2.75, 3.05) is 18.5 Å². The van der Waals surface area contributed by atoms with Crippen molar-refractivity contribution in [2.45, 2.75) is 39.8 Å². The van der Waals surface area contributed by atoms with E-state index in [4.69, 9.17) is 4.74 Å². The standard InChI is InChI=1S/C24H29N3O2S/c1-17(2)27(18(3)4)13-14-29-21-12-8-11-20(15-21)25-23(28)22-16-30-24(26-22)19-9-6-5-7-10-19/h5-12,15-18H,13-14H2,1-4H3,(H,25,28). The molecule has 5 nitrogen and oxygen atoms in total. The zero-order valence-electron chi connectivity index (χ0n) is 18.0. The molecule has 0 unspecified atom stereocenters. The van der Waals surface area contributed by atoms with Crippen molar-refractivity contribution in [3.8, 4) is 16.3 Å². The van der Waals surface area contributed by atoms with Gasteiger partial charge in [0.2, 0.25) is 0 Å². The number of thiazole rings is 1. The number of nitrogens with zero attached hydrogens (tertiary/aromatic N) is 2. The average Bonchev–Trinajstić information content (AvgIpc) is 3.22. The number of rotatable bonds is 9. The number of aromatic nitrogens is 1. The highest BCUT2D eigenvalue weighted by Crippen LogP contribution is 2.24. The molecule has 6 heteroatoms. The van der Waals surface area contributed by atoms with Crippen LogP contribution in [0.3, 0.4) is 0 Å². The molecule has 30 heavy (non-hydrogen) atoms. The molecule has 0 radical (unpaired) electrons. The van der Waals surface area contributed by atoms with Crippen LogP contribution in [0.5, 0.6) is 5.75 Å². The van der Waals surface area contributed by atoms with Gasteiger partial charge in [-0.15, -0.1) is 11.3 Å². The second-order valence-corrected chi connectivity index (χ2v) is 8.52. The lowest BCUT2D eigenvalue weighted by molar-refractivity contribution is 0.102. The maximum atomic E-state index is 12.6. The van der Waals surface area contributed by atoms with Crippen LogP contribution in [-0.2, 0) is 0 Å². The third kappa shape index (κ3) is 5.90. The molecule has 3 rings (SSSR count). The van der Waals surface area contributed by atoms with E-state index in [0.717, 1.165) is 22.9 Å². The van der Waals surface area contributed by atoms with Gasteiger partial charge < -0.3 is 10.1 Å². The minimum absolute atomic E-state index is 0.226. The highest BCUT2D eigenvalue weighted by atomic mass is 32.1. The van der Waals surface area contributed by atoms with E-state index in [1.807, 2.05) is 54.6 Å². The summed E-state index contributed by atoms with van der Waals surface area (Å²) in [5.74, 6) is 0.514. The monoisotopic (exact) mass is 423 g/mol. The molecule has 1 amide bonds. The fourth-order valence-electron chi connectivity index (χ4n) is 3.33. The van der Waals surface area contributed by atoms with Crippen molar-refractivity contribution in [3.63, 3.8) is 0 Å². The van der Waals surface area contributed by atoms with Crippen molar-refractivity contribution >= 4 is 22.9 Å². The topological polar surface area (TPSA) is 54.5 Å². The third-order valence-corrected chi connectivity index (χ3v) is 5.69. The van der Waals surface area contributed by atoms with Crippen LogP contribution in [0.2, 0.25) is 0 Å². The summed E-state index contributed by atoms with van der Waals surface area (Å²) in [4.78, 5) is 19.5. The van der Waals surface area contributed by atoms with Crippen molar-refractivity contribution in [1.82, 2.24) is 9.88 Å². The number of ether oxygens (including phenoxy) is 1. The minimum Gasteiger partial charge on any atom is -0.492 e. The first-order valence-electron chi connectivity index (χ1n) is 10.2. The summed E-state index contributed by atoms with van der Waals surface area (Å²) in [5.41, 5.74) is 2.11. The van der Waals surface area contributed by atoms with E-state index < -0.39 is 0 Å². The summed E-state index contributed by atoms with van der Waals surface area (Å²) in [7, 11) is 0. The molecular formula is C24H29N3O2S. The van der Waals surface area contributed by atoms with Crippen molar-refractivity contribution in [1.29, 1.82) is 0 Å². The van der Waals surface area contributed by atoms with Gasteiger partial charge in [0.25, 0.3) is 5.91 Å². The molecule has 1 N–H and O–H groups in total. The number of amides is 1. The van der Waals surface area contributed by atoms with Gasteiger partial charge in [-0.1, -0.05) is 36.4 Å². The van der Waals surface area contributed by atoms with Gasteiger partial charge in [0, 0.05) is 41.3 Å². The third-order valence-electron chi connectivity index (χ3n) is 4.79. The molecule has 0 bridgehead atoms. The van der Waals surface area contributed by atoms with Gasteiger partial charge in [-0.25, -0.2) is 4.98 Å². The van der Waals surface area contributed by atoms with E-state index in [-0.39, 0.29) is 5.91 Å². The van der Waals surface area contributed by atoms with Gasteiger partial charge in [0.05, 0.1) is 0 Å². The number of benzene rings is 2. The van der Waals surface area contributed by atoms with E-state index in [1.165, 1.54) is 11.3 Å². The van der Waals surface area contributed by atoms with Gasteiger partial charge in [-0.05, 0) is 39.8 Å². The summed E-state index contributed by atoms with van der Waals surface area (Å²) in [6.07, 6.45) is 0. The van der Waals surface area contributed by atoms with Crippen LogP contribution in [0.4, 0.5) is 5.69 Å². The van der Waals surface area contributed by atoms with E-state index in [0.29, 0.717) is 30.1 Å². The van der Waals surface area contributed by atoms with Gasteiger partial charge in [0.15, 0.2) is 0 Å². The summed E-state index contributed by atoms with van der Waals surface area (Å²) in [6, 6.07) is 18.3. The Hall–Kier alpha value is -2.70. The number of carbonyl (C=O) groups is 1. The Morgan fingerprint density at radius 1 is 1.07 bits per heavy atom. The average molecular weight is 424 g/mol. The Morgan fingerprint density at radius 2 is 1.80 bits per heavy atom. The molecule has 3 aromatic rings. The Bertz CT molecular complexity index is 946. The molecule has 0 aliphatic carbocycles. The van der Waals surface area contributed by atoms with Crippen LogP contribution in [0.15, 0.2) is 60.0 Å². The van der Waals surface area contributed by atoms with Crippen molar-refractivity contribution in [2.24, 2.45) is 0 Å². The lowest BCUT2D eigenvalue weighted by atomic mass is 10.2. The molecule has 0 fully saturated rings. The SMILES string of the molecule is CC(C)N(CCOc1cccc(NC(=O)c2csc(-c3ccccc3)n2)c1)C(C)C. The van der Waals surface area contributed by atoms with Crippen LogP contribution in [0.25, 0.3) is 10.6 Å². The smallest absolute Gasteiger partial charge is 0.275 e. The maximum Gasteiger partial charge on any atom is 0.275 e. The van der Waals surface area contributed by atoms with Crippen LogP contribution in [0.1, 0.15) is 38.2 Å². The first kappa shape index (κ1) is 22.0. The van der Waals surface area contributed by atoms with Crippen molar-refractivity contribution in [3.05, 3.63) is 65.7 Å². The summed E-state index contributed by atoms with van der Waals surface area (Å²) < 4.78 is 5.92. The highest BCUT2D eigenvalue weighted by Gasteiger charge is 2.14. The second kappa shape index (κ2) is 10.4. The van der Waals surface area contributed by atoms with Crippen LogP contribution < -0.4 is 10.1 Å². The minimum atomic E-state index is -0.226. The number of hydrogen-bond donors (Lipinski definition) is 1. The molecule has 0 saturated heterocycles. The van der Waals surface area contributed by atoms with E-state index in [9.17, 15) is 4.79 Å². The predicted octanol–water partition coefficient (Wildman–Crippen LogP) is 5.56. The Labute approximate surface area is 182 Å². The molecule has 2 aromatic carbocycles. The summed E-state index contributed by atoms with van der Waals surface area (Å²) in [5, 5.41) is 5.53. The Morgan fingerprint density at radius 3 is 2.50 bits per heavy atom. The number of carbonyl (C=O) groups excluding carboxylic acids is 1. The van der Waals surface area contributed by atoms with E-state index >= 15 is 0 Å². The molecule has 158 valence electrons. The molecule has 1 aromatic heterocycles. The molecule has 0 aliphatic rings. The van der Waals surface area contributed by atoms with E-state index in [2.05, 4.69) is 42.9 Å². The first-order valence-corrected chi connectivity index (χ1v) is 11.1. The molecule has 1 heterocycles. The van der Waals surface area contributed by atoms with Gasteiger partial charge in [-0.2, -0.15) is 0 Å². The number of nitrogens with one attached hydrogen (secondary N) is 1.